The molecule has 32 heavy (non-hydrogen) atoms. The summed E-state index contributed by atoms with van der Waals surface area (Å²) in [6.45, 7) is 15.9. The lowest BCUT2D eigenvalue weighted by molar-refractivity contribution is 0.0895. The molecule has 0 spiro atoms. The Labute approximate surface area is 189 Å². The quantitative estimate of drug-likeness (QED) is 0.359. The fourth-order valence-corrected chi connectivity index (χ4v) is 3.64. The van der Waals surface area contributed by atoms with Crippen molar-refractivity contribution in [1.82, 2.24) is 29.3 Å². The lowest BCUT2D eigenvalue weighted by atomic mass is 10.1. The molecule has 0 bridgehead atoms. The van der Waals surface area contributed by atoms with Crippen LogP contribution >= 0.6 is 0 Å². The molecule has 0 aliphatic heterocycles. The van der Waals surface area contributed by atoms with Gasteiger partial charge in [-0.25, -0.2) is 4.98 Å². The van der Waals surface area contributed by atoms with Gasteiger partial charge in [0.1, 0.15) is 12.3 Å². The van der Waals surface area contributed by atoms with Crippen molar-refractivity contribution in [2.24, 2.45) is 0 Å². The second-order valence-electron chi connectivity index (χ2n) is 9.39. The molecule has 0 amide bonds. The molecule has 172 valence electrons. The molecule has 0 aliphatic rings. The lowest BCUT2D eigenvalue weighted by Gasteiger charge is -2.15. The van der Waals surface area contributed by atoms with Gasteiger partial charge in [-0.05, 0) is 33.7 Å². The van der Waals surface area contributed by atoms with Crippen molar-refractivity contribution in [3.05, 3.63) is 18.2 Å². The van der Waals surface area contributed by atoms with Gasteiger partial charge in [0.25, 0.3) is 0 Å². The second kappa shape index (κ2) is 9.26. The van der Waals surface area contributed by atoms with Gasteiger partial charge in [-0.3, -0.25) is 9.25 Å². The highest BCUT2D eigenvalue weighted by atomic mass is 28.3. The summed E-state index contributed by atoms with van der Waals surface area (Å²) in [6.07, 6.45) is 3.47. The number of aromatic nitrogens is 6. The molecule has 0 saturated carbocycles. The predicted molar refractivity (Wildman–Crippen MR) is 126 cm³/mol. The highest BCUT2D eigenvalue weighted by Crippen LogP contribution is 2.26. The number of ether oxygens (including phenoxy) is 2. The summed E-state index contributed by atoms with van der Waals surface area (Å²) in [4.78, 5) is 13.6. The van der Waals surface area contributed by atoms with Crippen molar-refractivity contribution >= 4 is 30.9 Å². The minimum absolute atomic E-state index is 0.357. The van der Waals surface area contributed by atoms with E-state index in [0.717, 1.165) is 11.7 Å². The Morgan fingerprint density at radius 1 is 1.25 bits per heavy atom. The van der Waals surface area contributed by atoms with Crippen LogP contribution in [0.15, 0.2) is 12.5 Å². The average molecular weight is 457 g/mol. The fraction of sp³-hybridized carbons (Fsp3) is 0.571. The number of nitriles is 1. The van der Waals surface area contributed by atoms with E-state index in [9.17, 15) is 5.26 Å². The molecule has 3 aromatic heterocycles. The summed E-state index contributed by atoms with van der Waals surface area (Å²) in [6, 6.07) is 3.34. The van der Waals surface area contributed by atoms with E-state index >= 15 is 0 Å². The van der Waals surface area contributed by atoms with Gasteiger partial charge in [-0.1, -0.05) is 19.6 Å². The maximum absolute atomic E-state index is 9.40. The Bertz CT molecular complexity index is 1120. The molecule has 0 aliphatic carbocycles. The molecule has 0 fully saturated rings. The number of imidazole rings is 1. The minimum atomic E-state index is -1.16. The van der Waals surface area contributed by atoms with E-state index in [2.05, 4.69) is 51.1 Å². The standard InChI is InChI=1S/C21H32N8O2Si/c1-8-31-19-17-18(28(13-23-17)14-30-9-10-32(5,6)7)25-20(26-19)24-16-11-29(27-15(16)2)21(3,4)12-22/h11,13H,8-10,14H2,1-7H3,(H,24,25,26). The Balaban J connectivity index is 1.88. The molecule has 0 aromatic carbocycles. The number of nitrogens with zero attached hydrogens (tertiary/aromatic N) is 7. The summed E-state index contributed by atoms with van der Waals surface area (Å²) in [5.41, 5.74) is 1.90. The summed E-state index contributed by atoms with van der Waals surface area (Å²) in [5, 5.41) is 17.1. The van der Waals surface area contributed by atoms with Crippen molar-refractivity contribution in [3.63, 3.8) is 0 Å². The summed E-state index contributed by atoms with van der Waals surface area (Å²) >= 11 is 0. The first-order valence-electron chi connectivity index (χ1n) is 10.7. The molecule has 10 nitrogen and oxygen atoms in total. The number of hydrogen-bond acceptors (Lipinski definition) is 8. The van der Waals surface area contributed by atoms with E-state index in [1.165, 1.54) is 0 Å². The first kappa shape index (κ1) is 23.7. The number of hydrogen-bond donors (Lipinski definition) is 1. The van der Waals surface area contributed by atoms with E-state index in [1.807, 2.05) is 18.4 Å². The van der Waals surface area contributed by atoms with E-state index in [-0.39, 0.29) is 0 Å². The zero-order chi connectivity index (χ0) is 23.5. The normalized spacial score (nSPS) is 12.2. The zero-order valence-corrected chi connectivity index (χ0v) is 20.9. The van der Waals surface area contributed by atoms with Gasteiger partial charge in [0.2, 0.25) is 11.8 Å². The van der Waals surface area contributed by atoms with Crippen molar-refractivity contribution in [2.45, 2.75) is 65.6 Å². The van der Waals surface area contributed by atoms with Crippen LogP contribution in [0.2, 0.25) is 25.7 Å². The molecule has 3 aromatic rings. The monoisotopic (exact) mass is 456 g/mol. The third-order valence-corrected chi connectivity index (χ3v) is 6.64. The van der Waals surface area contributed by atoms with Gasteiger partial charge in [0.05, 0.1) is 36.6 Å². The molecule has 0 saturated heterocycles. The average Bonchev–Trinajstić information content (AvgIpc) is 3.29. The van der Waals surface area contributed by atoms with Crippen LogP contribution in [0.25, 0.3) is 11.2 Å². The van der Waals surface area contributed by atoms with E-state index < -0.39 is 13.6 Å². The van der Waals surface area contributed by atoms with Gasteiger partial charge < -0.3 is 14.8 Å². The van der Waals surface area contributed by atoms with Crippen LogP contribution in [-0.2, 0) is 17.0 Å². The molecule has 0 radical (unpaired) electrons. The molecule has 1 N–H and O–H groups in total. The Morgan fingerprint density at radius 3 is 2.66 bits per heavy atom. The topological polar surface area (TPSA) is 116 Å². The molecule has 3 rings (SSSR count). The maximum atomic E-state index is 9.40. The van der Waals surface area contributed by atoms with Crippen LogP contribution in [0.5, 0.6) is 5.88 Å². The molecular formula is C21H32N8O2Si. The van der Waals surface area contributed by atoms with Crippen LogP contribution in [0.1, 0.15) is 26.5 Å². The number of nitrogens with one attached hydrogen (secondary N) is 1. The van der Waals surface area contributed by atoms with E-state index in [1.54, 1.807) is 31.1 Å². The first-order chi connectivity index (χ1) is 15.0. The van der Waals surface area contributed by atoms with Gasteiger partial charge in [0, 0.05) is 14.7 Å². The van der Waals surface area contributed by atoms with E-state index in [4.69, 9.17) is 9.47 Å². The van der Waals surface area contributed by atoms with E-state index in [0.29, 0.717) is 48.6 Å². The molecular weight excluding hydrogens is 424 g/mol. The predicted octanol–water partition coefficient (Wildman–Crippen LogP) is 4.04. The van der Waals surface area contributed by atoms with Crippen LogP contribution in [0, 0.1) is 18.3 Å². The van der Waals surface area contributed by atoms with Crippen molar-refractivity contribution in [2.75, 3.05) is 18.5 Å². The van der Waals surface area contributed by atoms with Gasteiger partial charge in [-0.15, -0.1) is 0 Å². The van der Waals surface area contributed by atoms with Crippen LogP contribution < -0.4 is 10.1 Å². The van der Waals surface area contributed by atoms with Crippen LogP contribution in [0.4, 0.5) is 11.6 Å². The van der Waals surface area contributed by atoms with Gasteiger partial charge in [0.15, 0.2) is 11.2 Å². The molecule has 0 atom stereocenters. The Kier molecular flexibility index (Phi) is 6.85. The number of anilines is 2. The third kappa shape index (κ3) is 5.44. The summed E-state index contributed by atoms with van der Waals surface area (Å²) < 4.78 is 15.1. The smallest absolute Gasteiger partial charge is 0.247 e. The highest BCUT2D eigenvalue weighted by molar-refractivity contribution is 6.76. The van der Waals surface area contributed by atoms with Crippen molar-refractivity contribution in [3.8, 4) is 11.9 Å². The molecule has 11 heteroatoms. The molecule has 0 unspecified atom stereocenters. The highest BCUT2D eigenvalue weighted by Gasteiger charge is 2.22. The zero-order valence-electron chi connectivity index (χ0n) is 19.9. The summed E-state index contributed by atoms with van der Waals surface area (Å²) in [7, 11) is -1.16. The van der Waals surface area contributed by atoms with Crippen molar-refractivity contribution < 1.29 is 9.47 Å². The third-order valence-electron chi connectivity index (χ3n) is 4.93. The number of aryl methyl sites for hydroxylation is 1. The van der Waals surface area contributed by atoms with Crippen LogP contribution in [-0.4, -0.2) is 50.6 Å². The molecule has 3 heterocycles. The second-order valence-corrected chi connectivity index (χ2v) is 15.0. The van der Waals surface area contributed by atoms with Gasteiger partial charge in [-0.2, -0.15) is 20.3 Å². The minimum Gasteiger partial charge on any atom is -0.476 e. The van der Waals surface area contributed by atoms with Gasteiger partial charge >= 0.3 is 0 Å². The summed E-state index contributed by atoms with van der Waals surface area (Å²) in [5.74, 6) is 0.769. The van der Waals surface area contributed by atoms with Crippen molar-refractivity contribution in [1.29, 1.82) is 5.26 Å². The fourth-order valence-electron chi connectivity index (χ4n) is 2.89. The van der Waals surface area contributed by atoms with Crippen LogP contribution in [0.3, 0.4) is 0 Å². The first-order valence-corrected chi connectivity index (χ1v) is 14.4. The lowest BCUT2D eigenvalue weighted by Crippen LogP contribution is -2.24. The SMILES string of the molecule is CCOc1nc(Nc2cn(C(C)(C)C#N)nc2C)nc2c1ncn2COCC[Si](C)(C)C. The Morgan fingerprint density at radius 2 is 2.00 bits per heavy atom. The number of fused-ring (bicyclic) bond motifs is 1. The number of rotatable bonds is 10. The maximum Gasteiger partial charge on any atom is 0.247 e. The largest absolute Gasteiger partial charge is 0.476 e. The Hall–Kier alpha value is -2.97.